The smallest absolute Gasteiger partial charge is 0.320 e. The number of hydrogen-bond acceptors (Lipinski definition) is 4. The molecule has 0 bridgehead atoms. The largest absolute Gasteiger partial charge is 0.480 e. The van der Waals surface area contributed by atoms with Crippen molar-refractivity contribution in [3.63, 3.8) is 0 Å². The topological polar surface area (TPSA) is 92.5 Å². The number of nitro benzene ring substituents is 1. The molecule has 19 heavy (non-hydrogen) atoms. The Labute approximate surface area is 115 Å². The van der Waals surface area contributed by atoms with Crippen molar-refractivity contribution >= 4 is 23.3 Å². The first-order valence-electron chi connectivity index (χ1n) is 5.85. The Balaban J connectivity index is 2.87. The van der Waals surface area contributed by atoms with Gasteiger partial charge in [-0.25, -0.2) is 0 Å². The second-order valence-electron chi connectivity index (χ2n) is 4.06. The molecule has 2 N–H and O–H groups in total. The van der Waals surface area contributed by atoms with E-state index in [4.69, 9.17) is 16.7 Å². The van der Waals surface area contributed by atoms with Crippen LogP contribution in [0.4, 0.5) is 5.69 Å². The van der Waals surface area contributed by atoms with Crippen LogP contribution >= 0.6 is 11.6 Å². The summed E-state index contributed by atoms with van der Waals surface area (Å²) < 4.78 is 0. The van der Waals surface area contributed by atoms with Gasteiger partial charge in [-0.15, -0.1) is 0 Å². The van der Waals surface area contributed by atoms with Crippen LogP contribution in [0, 0.1) is 10.1 Å². The number of carbonyl (C=O) groups is 1. The zero-order valence-electron chi connectivity index (χ0n) is 10.4. The van der Waals surface area contributed by atoms with Crippen LogP contribution in [-0.2, 0) is 11.3 Å². The number of benzene rings is 1. The first-order valence-corrected chi connectivity index (χ1v) is 6.23. The second-order valence-corrected chi connectivity index (χ2v) is 4.46. The Morgan fingerprint density at radius 3 is 2.79 bits per heavy atom. The van der Waals surface area contributed by atoms with Crippen LogP contribution in [0.15, 0.2) is 18.2 Å². The maximum Gasteiger partial charge on any atom is 0.320 e. The minimum atomic E-state index is -0.975. The lowest BCUT2D eigenvalue weighted by atomic mass is 10.1. The molecular weight excluding hydrogens is 272 g/mol. The number of nitrogens with zero attached hydrogens (tertiary/aromatic N) is 1. The van der Waals surface area contributed by atoms with Crippen LogP contribution in [0.2, 0.25) is 5.02 Å². The van der Waals surface area contributed by atoms with E-state index in [0.717, 1.165) is 0 Å². The van der Waals surface area contributed by atoms with E-state index in [9.17, 15) is 14.9 Å². The number of carboxylic acids is 1. The second kappa shape index (κ2) is 7.06. The predicted octanol–water partition coefficient (Wildman–Crippen LogP) is 2.59. The molecule has 0 aliphatic carbocycles. The van der Waals surface area contributed by atoms with Gasteiger partial charge in [0.2, 0.25) is 0 Å². The molecule has 1 atom stereocenters. The molecule has 1 unspecified atom stereocenters. The van der Waals surface area contributed by atoms with E-state index in [2.05, 4.69) is 5.32 Å². The lowest BCUT2D eigenvalue weighted by Crippen LogP contribution is -2.36. The third-order valence-electron chi connectivity index (χ3n) is 2.69. The van der Waals surface area contributed by atoms with Crippen molar-refractivity contribution < 1.29 is 14.8 Å². The fourth-order valence-electron chi connectivity index (χ4n) is 1.72. The molecule has 0 radical (unpaired) electrons. The highest BCUT2D eigenvalue weighted by Crippen LogP contribution is 2.26. The normalized spacial score (nSPS) is 12.1. The summed E-state index contributed by atoms with van der Waals surface area (Å²) in [6.45, 7) is 1.92. The minimum absolute atomic E-state index is 0.0486. The molecular formula is C12H15ClN2O4. The Hall–Kier alpha value is -1.66. The first-order chi connectivity index (χ1) is 8.97. The van der Waals surface area contributed by atoms with Crippen LogP contribution < -0.4 is 5.32 Å². The average Bonchev–Trinajstić information content (AvgIpc) is 2.34. The van der Waals surface area contributed by atoms with Crippen molar-refractivity contribution in [1.82, 2.24) is 5.32 Å². The maximum atomic E-state index is 11.0. The molecule has 0 saturated heterocycles. The monoisotopic (exact) mass is 286 g/mol. The van der Waals surface area contributed by atoms with E-state index in [1.165, 1.54) is 12.1 Å². The Bertz CT molecular complexity index is 479. The number of nitrogens with one attached hydrogen (secondary N) is 1. The number of nitro groups is 1. The van der Waals surface area contributed by atoms with Gasteiger partial charge >= 0.3 is 5.97 Å². The van der Waals surface area contributed by atoms with Crippen LogP contribution in [-0.4, -0.2) is 22.0 Å². The molecule has 0 fully saturated rings. The summed E-state index contributed by atoms with van der Waals surface area (Å²) in [5, 5.41) is 22.9. The van der Waals surface area contributed by atoms with Gasteiger partial charge in [0.15, 0.2) is 0 Å². The van der Waals surface area contributed by atoms with Gasteiger partial charge in [0.05, 0.1) is 15.5 Å². The summed E-state index contributed by atoms with van der Waals surface area (Å²) in [5.74, 6) is -0.975. The van der Waals surface area contributed by atoms with E-state index in [1.807, 2.05) is 6.92 Å². The van der Waals surface area contributed by atoms with Gasteiger partial charge < -0.3 is 5.11 Å². The summed E-state index contributed by atoms with van der Waals surface area (Å²) >= 11 is 5.92. The fourth-order valence-corrected chi connectivity index (χ4v) is 1.96. The van der Waals surface area contributed by atoms with Crippen LogP contribution in [0.25, 0.3) is 0 Å². The van der Waals surface area contributed by atoms with Gasteiger partial charge in [0.25, 0.3) is 5.69 Å². The highest BCUT2D eigenvalue weighted by molar-refractivity contribution is 6.31. The standard InChI is InChI=1S/C12H15ClN2O4/c1-2-4-10(12(16)17)14-7-8-9(13)5-3-6-11(8)15(18)19/h3,5-6,10,14H,2,4,7H2,1H3,(H,16,17). The highest BCUT2D eigenvalue weighted by atomic mass is 35.5. The highest BCUT2D eigenvalue weighted by Gasteiger charge is 2.20. The van der Waals surface area contributed by atoms with Crippen molar-refractivity contribution in [1.29, 1.82) is 0 Å². The van der Waals surface area contributed by atoms with Gasteiger partial charge in [0, 0.05) is 12.6 Å². The van der Waals surface area contributed by atoms with Gasteiger partial charge in [-0.1, -0.05) is 31.0 Å². The Morgan fingerprint density at radius 1 is 1.58 bits per heavy atom. The van der Waals surface area contributed by atoms with E-state index in [0.29, 0.717) is 18.4 Å². The molecule has 0 spiro atoms. The summed E-state index contributed by atoms with van der Waals surface area (Å²) in [6, 6.07) is 3.64. The van der Waals surface area contributed by atoms with E-state index < -0.39 is 16.9 Å². The molecule has 0 aromatic heterocycles. The van der Waals surface area contributed by atoms with Gasteiger partial charge in [-0.05, 0) is 12.5 Å². The zero-order valence-corrected chi connectivity index (χ0v) is 11.2. The number of carboxylic acid groups (broad SMARTS) is 1. The van der Waals surface area contributed by atoms with Crippen molar-refractivity contribution in [2.45, 2.75) is 32.4 Å². The maximum absolute atomic E-state index is 11.0. The average molecular weight is 287 g/mol. The van der Waals surface area contributed by atoms with Gasteiger partial charge in [-0.3, -0.25) is 20.2 Å². The molecule has 7 heteroatoms. The van der Waals surface area contributed by atoms with Crippen LogP contribution in [0.3, 0.4) is 0 Å². The van der Waals surface area contributed by atoms with Gasteiger partial charge in [-0.2, -0.15) is 0 Å². The predicted molar refractivity (Wildman–Crippen MR) is 71.3 cm³/mol. The minimum Gasteiger partial charge on any atom is -0.480 e. The molecule has 6 nitrogen and oxygen atoms in total. The number of rotatable bonds is 7. The molecule has 1 rings (SSSR count). The molecule has 0 saturated carbocycles. The lowest BCUT2D eigenvalue weighted by molar-refractivity contribution is -0.385. The summed E-state index contributed by atoms with van der Waals surface area (Å²) in [4.78, 5) is 21.3. The third kappa shape index (κ3) is 4.18. The quantitative estimate of drug-likeness (QED) is 0.593. The summed E-state index contributed by atoms with van der Waals surface area (Å²) in [5.41, 5.74) is 0.192. The third-order valence-corrected chi connectivity index (χ3v) is 3.05. The Morgan fingerprint density at radius 2 is 2.26 bits per heavy atom. The number of hydrogen-bond donors (Lipinski definition) is 2. The molecule has 104 valence electrons. The molecule has 0 aliphatic heterocycles. The molecule has 1 aromatic carbocycles. The molecule has 0 heterocycles. The molecule has 0 aliphatic rings. The van der Waals surface area contributed by atoms with E-state index >= 15 is 0 Å². The van der Waals surface area contributed by atoms with Crippen molar-refractivity contribution in [3.8, 4) is 0 Å². The zero-order chi connectivity index (χ0) is 14.4. The van der Waals surface area contributed by atoms with Crippen LogP contribution in [0.5, 0.6) is 0 Å². The Kier molecular flexibility index (Phi) is 5.72. The van der Waals surface area contributed by atoms with Gasteiger partial charge in [0.1, 0.15) is 6.04 Å². The van der Waals surface area contributed by atoms with Crippen LogP contribution in [0.1, 0.15) is 25.3 Å². The van der Waals surface area contributed by atoms with E-state index in [-0.39, 0.29) is 17.3 Å². The molecule has 1 aromatic rings. The van der Waals surface area contributed by atoms with Crippen molar-refractivity contribution in [2.24, 2.45) is 0 Å². The summed E-state index contributed by atoms with van der Waals surface area (Å²) in [6.07, 6.45) is 1.15. The lowest BCUT2D eigenvalue weighted by Gasteiger charge is -2.14. The first kappa shape index (κ1) is 15.4. The number of aliphatic carboxylic acids is 1. The molecule has 0 amide bonds. The SMILES string of the molecule is CCCC(NCc1c(Cl)cccc1[N+](=O)[O-])C(=O)O. The fraction of sp³-hybridized carbons (Fsp3) is 0.417. The summed E-state index contributed by atoms with van der Waals surface area (Å²) in [7, 11) is 0. The van der Waals surface area contributed by atoms with Crippen molar-refractivity contribution in [2.75, 3.05) is 0 Å². The van der Waals surface area contributed by atoms with Crippen molar-refractivity contribution in [3.05, 3.63) is 38.9 Å². The van der Waals surface area contributed by atoms with E-state index in [1.54, 1.807) is 6.07 Å². The number of halogens is 1.